The van der Waals surface area contributed by atoms with Crippen molar-refractivity contribution in [2.75, 3.05) is 13.7 Å². The van der Waals surface area contributed by atoms with Gasteiger partial charge in [0.15, 0.2) is 11.6 Å². The summed E-state index contributed by atoms with van der Waals surface area (Å²) in [6.45, 7) is 0.722. The first-order valence-electron chi connectivity index (χ1n) is 11.6. The van der Waals surface area contributed by atoms with E-state index in [1.807, 2.05) is 18.2 Å². The number of alkyl halides is 3. The first-order valence-corrected chi connectivity index (χ1v) is 11.6. The molecular weight excluding hydrogens is 475 g/mol. The maximum Gasteiger partial charge on any atom is 0.573 e. The summed E-state index contributed by atoms with van der Waals surface area (Å²) in [5, 5.41) is 1.24. The Kier molecular flexibility index (Phi) is 7.89. The number of fused-ring (bicyclic) bond motifs is 1. The molecule has 0 saturated heterocycles. The standard InChI is InChI=1S/C29H25F5O2/c1-35-16-2-3-19-4-8-21(9-5-19)23-13-14-25-24(18-23)12-11-22(28(25)31)10-6-20-7-15-27(26(30)17-20)36-29(32,33)34/h4-5,7-9,11-15,17-18H,2-3,6,10,16H2,1H3. The van der Waals surface area contributed by atoms with Gasteiger partial charge in [0, 0.05) is 19.1 Å². The van der Waals surface area contributed by atoms with Gasteiger partial charge in [-0.15, -0.1) is 13.2 Å². The van der Waals surface area contributed by atoms with Gasteiger partial charge in [0.05, 0.1) is 0 Å². The van der Waals surface area contributed by atoms with E-state index < -0.39 is 17.9 Å². The van der Waals surface area contributed by atoms with E-state index in [-0.39, 0.29) is 18.7 Å². The fourth-order valence-electron chi connectivity index (χ4n) is 4.18. The summed E-state index contributed by atoms with van der Waals surface area (Å²) in [5.41, 5.74) is 4.15. The van der Waals surface area contributed by atoms with Crippen molar-refractivity contribution in [3.63, 3.8) is 0 Å². The second kappa shape index (κ2) is 11.1. The molecule has 36 heavy (non-hydrogen) atoms. The van der Waals surface area contributed by atoms with Gasteiger partial charge < -0.3 is 9.47 Å². The molecule has 188 valence electrons. The summed E-state index contributed by atoms with van der Waals surface area (Å²) in [6.07, 6.45) is -2.53. The molecule has 0 radical (unpaired) electrons. The van der Waals surface area contributed by atoms with Crippen LogP contribution < -0.4 is 4.74 Å². The number of aryl methyl sites for hydroxylation is 3. The van der Waals surface area contributed by atoms with Crippen molar-refractivity contribution in [2.45, 2.75) is 32.0 Å². The number of methoxy groups -OCH3 is 1. The minimum absolute atomic E-state index is 0.264. The van der Waals surface area contributed by atoms with E-state index in [9.17, 15) is 17.6 Å². The van der Waals surface area contributed by atoms with Gasteiger partial charge in [0.25, 0.3) is 0 Å². The van der Waals surface area contributed by atoms with Gasteiger partial charge in [-0.2, -0.15) is 0 Å². The van der Waals surface area contributed by atoms with Crippen LogP contribution >= 0.6 is 0 Å². The monoisotopic (exact) mass is 500 g/mol. The third kappa shape index (κ3) is 6.40. The predicted octanol–water partition coefficient (Wildman–Crippen LogP) is 8.05. The van der Waals surface area contributed by atoms with Crippen LogP contribution in [0.5, 0.6) is 5.75 Å². The van der Waals surface area contributed by atoms with Crippen molar-refractivity contribution in [2.24, 2.45) is 0 Å². The Labute approximate surface area is 206 Å². The van der Waals surface area contributed by atoms with Crippen molar-refractivity contribution in [3.8, 4) is 16.9 Å². The topological polar surface area (TPSA) is 18.5 Å². The lowest BCUT2D eigenvalue weighted by atomic mass is 9.96. The van der Waals surface area contributed by atoms with Gasteiger partial charge in [-0.1, -0.05) is 54.6 Å². The summed E-state index contributed by atoms with van der Waals surface area (Å²) in [6, 6.07) is 20.6. The van der Waals surface area contributed by atoms with Crippen LogP contribution in [0, 0.1) is 11.6 Å². The molecule has 0 bridgehead atoms. The lowest BCUT2D eigenvalue weighted by Gasteiger charge is -2.11. The first-order chi connectivity index (χ1) is 17.2. The van der Waals surface area contributed by atoms with Crippen LogP contribution in [0.4, 0.5) is 22.0 Å². The second-order valence-electron chi connectivity index (χ2n) is 8.58. The molecule has 0 aliphatic heterocycles. The van der Waals surface area contributed by atoms with Gasteiger partial charge in [0.1, 0.15) is 5.82 Å². The molecule has 0 aliphatic carbocycles. The van der Waals surface area contributed by atoms with E-state index in [1.165, 1.54) is 11.6 Å². The van der Waals surface area contributed by atoms with E-state index in [2.05, 4.69) is 29.0 Å². The highest BCUT2D eigenvalue weighted by atomic mass is 19.4. The number of hydrogen-bond donors (Lipinski definition) is 0. The normalized spacial score (nSPS) is 11.7. The molecule has 7 heteroatoms. The highest BCUT2D eigenvalue weighted by Crippen LogP contribution is 2.29. The minimum Gasteiger partial charge on any atom is -0.403 e. The number of halogens is 5. The Hall–Kier alpha value is -3.45. The fourth-order valence-corrected chi connectivity index (χ4v) is 4.18. The van der Waals surface area contributed by atoms with E-state index >= 15 is 4.39 Å². The van der Waals surface area contributed by atoms with Gasteiger partial charge in [0.2, 0.25) is 0 Å². The Morgan fingerprint density at radius 2 is 1.44 bits per heavy atom. The van der Waals surface area contributed by atoms with Crippen molar-refractivity contribution < 1.29 is 31.4 Å². The highest BCUT2D eigenvalue weighted by Gasteiger charge is 2.32. The molecule has 2 nitrogen and oxygen atoms in total. The van der Waals surface area contributed by atoms with Gasteiger partial charge in [-0.3, -0.25) is 0 Å². The summed E-state index contributed by atoms with van der Waals surface area (Å²) in [5.74, 6) is -2.36. The zero-order chi connectivity index (χ0) is 25.7. The molecule has 0 spiro atoms. The maximum absolute atomic E-state index is 15.2. The van der Waals surface area contributed by atoms with Crippen LogP contribution in [0.15, 0.2) is 72.8 Å². The lowest BCUT2D eigenvalue weighted by Crippen LogP contribution is -2.18. The van der Waals surface area contributed by atoms with E-state index in [4.69, 9.17) is 4.74 Å². The van der Waals surface area contributed by atoms with Gasteiger partial charge >= 0.3 is 6.36 Å². The molecule has 0 unspecified atom stereocenters. The van der Waals surface area contributed by atoms with Crippen molar-refractivity contribution in [1.29, 1.82) is 0 Å². The van der Waals surface area contributed by atoms with E-state index in [0.29, 0.717) is 16.5 Å². The van der Waals surface area contributed by atoms with Crippen LogP contribution in [-0.2, 0) is 24.0 Å². The van der Waals surface area contributed by atoms with Crippen LogP contribution in [-0.4, -0.2) is 20.1 Å². The number of benzene rings is 4. The van der Waals surface area contributed by atoms with Gasteiger partial charge in [-0.25, -0.2) is 8.78 Å². The fraction of sp³-hybridized carbons (Fsp3) is 0.241. The van der Waals surface area contributed by atoms with Crippen LogP contribution in [0.3, 0.4) is 0 Å². The molecule has 0 aromatic heterocycles. The molecule has 4 aromatic rings. The Bertz CT molecular complexity index is 1330. The SMILES string of the molecule is COCCCc1ccc(-c2ccc3c(F)c(CCc4ccc(OC(F)(F)F)c(F)c4)ccc3c2)cc1. The number of hydrogen-bond acceptors (Lipinski definition) is 2. The molecule has 4 rings (SSSR count). The summed E-state index contributed by atoms with van der Waals surface area (Å²) < 4.78 is 74.9. The van der Waals surface area contributed by atoms with E-state index in [1.54, 1.807) is 19.2 Å². The summed E-state index contributed by atoms with van der Waals surface area (Å²) in [7, 11) is 1.69. The summed E-state index contributed by atoms with van der Waals surface area (Å²) in [4.78, 5) is 0. The number of ether oxygens (including phenoxy) is 2. The highest BCUT2D eigenvalue weighted by molar-refractivity contribution is 5.88. The smallest absolute Gasteiger partial charge is 0.403 e. The molecule has 0 N–H and O–H groups in total. The molecule has 0 heterocycles. The van der Waals surface area contributed by atoms with Crippen molar-refractivity contribution >= 4 is 10.8 Å². The predicted molar refractivity (Wildman–Crippen MR) is 130 cm³/mol. The largest absolute Gasteiger partial charge is 0.573 e. The molecule has 0 atom stereocenters. The van der Waals surface area contributed by atoms with Gasteiger partial charge in [-0.05, 0) is 77.1 Å². The Balaban J connectivity index is 1.46. The lowest BCUT2D eigenvalue weighted by molar-refractivity contribution is -0.275. The average molecular weight is 501 g/mol. The third-order valence-electron chi connectivity index (χ3n) is 6.04. The Morgan fingerprint density at radius 3 is 2.14 bits per heavy atom. The zero-order valence-corrected chi connectivity index (χ0v) is 19.7. The third-order valence-corrected chi connectivity index (χ3v) is 6.04. The molecule has 0 fully saturated rings. The average Bonchev–Trinajstić information content (AvgIpc) is 2.85. The first kappa shape index (κ1) is 25.6. The Morgan fingerprint density at radius 1 is 0.722 bits per heavy atom. The summed E-state index contributed by atoms with van der Waals surface area (Å²) >= 11 is 0. The molecule has 0 saturated carbocycles. The quantitative estimate of drug-likeness (QED) is 0.171. The van der Waals surface area contributed by atoms with Crippen LogP contribution in [0.2, 0.25) is 0 Å². The molecule has 0 amide bonds. The minimum atomic E-state index is -4.97. The number of rotatable bonds is 9. The van der Waals surface area contributed by atoms with Crippen LogP contribution in [0.1, 0.15) is 23.1 Å². The van der Waals surface area contributed by atoms with E-state index in [0.717, 1.165) is 48.1 Å². The van der Waals surface area contributed by atoms with Crippen molar-refractivity contribution in [3.05, 3.63) is 101 Å². The molecular formula is C29H25F5O2. The maximum atomic E-state index is 15.2. The van der Waals surface area contributed by atoms with Crippen molar-refractivity contribution in [1.82, 2.24) is 0 Å². The molecule has 0 aliphatic rings. The molecule has 4 aromatic carbocycles. The second-order valence-corrected chi connectivity index (χ2v) is 8.58. The van der Waals surface area contributed by atoms with Crippen LogP contribution in [0.25, 0.3) is 21.9 Å². The zero-order valence-electron chi connectivity index (χ0n) is 19.7.